The Balaban J connectivity index is 2.02. The molecule has 104 valence electrons. The van der Waals surface area contributed by atoms with E-state index in [0.717, 1.165) is 30.7 Å². The van der Waals surface area contributed by atoms with Crippen molar-refractivity contribution < 1.29 is 13.2 Å². The number of alkyl halides is 3. The van der Waals surface area contributed by atoms with Crippen LogP contribution in [0.25, 0.3) is 11.4 Å². The third-order valence-electron chi connectivity index (χ3n) is 3.43. The summed E-state index contributed by atoms with van der Waals surface area (Å²) in [6, 6.07) is 4.62. The first-order valence-electron chi connectivity index (χ1n) is 6.25. The number of nitrogens with zero attached hydrogens (tertiary/aromatic N) is 1. The number of hydrogen-bond acceptors (Lipinski definition) is 2. The maximum Gasteiger partial charge on any atom is 0.416 e. The molecule has 0 atom stereocenters. The molecule has 6 heteroatoms. The predicted molar refractivity (Wildman–Crippen MR) is 67.3 cm³/mol. The Morgan fingerprint density at radius 1 is 1.10 bits per heavy atom. The summed E-state index contributed by atoms with van der Waals surface area (Å²) < 4.78 is 37.5. The third kappa shape index (κ3) is 2.21. The van der Waals surface area contributed by atoms with Crippen LogP contribution in [0, 0.1) is 0 Å². The fourth-order valence-electron chi connectivity index (χ4n) is 2.40. The van der Waals surface area contributed by atoms with E-state index in [9.17, 15) is 18.0 Å². The van der Waals surface area contributed by atoms with Crippen molar-refractivity contribution in [1.29, 1.82) is 0 Å². The summed E-state index contributed by atoms with van der Waals surface area (Å²) in [7, 11) is 0. The minimum atomic E-state index is -4.36. The van der Waals surface area contributed by atoms with E-state index < -0.39 is 11.7 Å². The maximum atomic E-state index is 12.5. The van der Waals surface area contributed by atoms with Crippen LogP contribution in [-0.2, 0) is 19.0 Å². The first-order chi connectivity index (χ1) is 9.45. The highest BCUT2D eigenvalue weighted by Gasteiger charge is 2.30. The summed E-state index contributed by atoms with van der Waals surface area (Å²) in [6.45, 7) is 0. The van der Waals surface area contributed by atoms with E-state index >= 15 is 0 Å². The zero-order chi connectivity index (χ0) is 14.3. The summed E-state index contributed by atoms with van der Waals surface area (Å²) in [6.07, 6.45) is -2.02. The summed E-state index contributed by atoms with van der Waals surface area (Å²) in [5, 5.41) is 0. The smallest absolute Gasteiger partial charge is 0.306 e. The average Bonchev–Trinajstić information content (AvgIpc) is 2.86. The molecule has 3 nitrogen and oxygen atoms in total. The van der Waals surface area contributed by atoms with Gasteiger partial charge in [-0.15, -0.1) is 0 Å². The predicted octanol–water partition coefficient (Wildman–Crippen LogP) is 2.94. The molecule has 0 radical (unpaired) electrons. The van der Waals surface area contributed by atoms with E-state index in [1.54, 1.807) is 0 Å². The zero-order valence-electron chi connectivity index (χ0n) is 10.4. The molecule has 0 saturated carbocycles. The first kappa shape index (κ1) is 12.9. The molecule has 1 aliphatic rings. The molecule has 0 fully saturated rings. The van der Waals surface area contributed by atoms with Gasteiger partial charge < -0.3 is 4.98 Å². The molecule has 1 aliphatic carbocycles. The Bertz CT molecular complexity index is 702. The van der Waals surface area contributed by atoms with Crippen molar-refractivity contribution in [2.75, 3.05) is 0 Å². The largest absolute Gasteiger partial charge is 0.416 e. The molecule has 0 saturated heterocycles. The quantitative estimate of drug-likeness (QED) is 0.873. The lowest BCUT2D eigenvalue weighted by atomic mass is 10.1. The lowest BCUT2D eigenvalue weighted by Crippen LogP contribution is -2.15. The van der Waals surface area contributed by atoms with Gasteiger partial charge in [0.05, 0.1) is 11.3 Å². The standard InChI is InChI=1S/C14H11F3N2O/c15-14(16,17)9-6-4-8(5-7-9)12-18-11-3-1-2-10(11)13(20)19-12/h4-7H,1-3H2,(H,18,19,20). The van der Waals surface area contributed by atoms with Gasteiger partial charge in [0.1, 0.15) is 5.82 Å². The fraction of sp³-hybridized carbons (Fsp3) is 0.286. The number of aromatic nitrogens is 2. The Morgan fingerprint density at radius 2 is 1.80 bits per heavy atom. The molecule has 1 N–H and O–H groups in total. The van der Waals surface area contributed by atoms with Gasteiger partial charge in [0.25, 0.3) is 5.56 Å². The van der Waals surface area contributed by atoms with Gasteiger partial charge in [0.2, 0.25) is 0 Å². The highest BCUT2D eigenvalue weighted by Crippen LogP contribution is 2.30. The van der Waals surface area contributed by atoms with Crippen molar-refractivity contribution in [3.05, 3.63) is 51.4 Å². The number of benzene rings is 1. The normalized spacial score (nSPS) is 14.3. The van der Waals surface area contributed by atoms with Crippen LogP contribution in [0.15, 0.2) is 29.1 Å². The van der Waals surface area contributed by atoms with Crippen LogP contribution in [0.4, 0.5) is 13.2 Å². The monoisotopic (exact) mass is 280 g/mol. The van der Waals surface area contributed by atoms with Crippen LogP contribution < -0.4 is 5.56 Å². The second-order valence-corrected chi connectivity index (χ2v) is 4.77. The van der Waals surface area contributed by atoms with E-state index in [-0.39, 0.29) is 5.56 Å². The number of H-pyrrole nitrogens is 1. The molecular weight excluding hydrogens is 269 g/mol. The molecule has 1 aromatic carbocycles. The fourth-order valence-corrected chi connectivity index (χ4v) is 2.40. The molecule has 0 amide bonds. The molecular formula is C14H11F3N2O. The number of fused-ring (bicyclic) bond motifs is 1. The Hall–Kier alpha value is -2.11. The lowest BCUT2D eigenvalue weighted by Gasteiger charge is -2.08. The minimum absolute atomic E-state index is 0.192. The molecule has 0 aliphatic heterocycles. The van der Waals surface area contributed by atoms with E-state index in [4.69, 9.17) is 0 Å². The number of aromatic amines is 1. The molecule has 0 bridgehead atoms. The molecule has 0 spiro atoms. The van der Waals surface area contributed by atoms with Gasteiger partial charge in [-0.25, -0.2) is 4.98 Å². The SMILES string of the molecule is O=c1[nH]c(-c2ccc(C(F)(F)F)cc2)nc2c1CCC2. The summed E-state index contributed by atoms with van der Waals surface area (Å²) in [5.41, 5.74) is 1.02. The highest BCUT2D eigenvalue weighted by atomic mass is 19.4. The molecule has 0 unspecified atom stereocenters. The van der Waals surface area contributed by atoms with Crippen LogP contribution in [0.3, 0.4) is 0 Å². The number of nitrogens with one attached hydrogen (secondary N) is 1. The van der Waals surface area contributed by atoms with Gasteiger partial charge >= 0.3 is 6.18 Å². The van der Waals surface area contributed by atoms with Crippen LogP contribution in [0.1, 0.15) is 23.2 Å². The third-order valence-corrected chi connectivity index (χ3v) is 3.43. The highest BCUT2D eigenvalue weighted by molar-refractivity contribution is 5.56. The molecule has 1 heterocycles. The maximum absolute atomic E-state index is 12.5. The van der Waals surface area contributed by atoms with Crippen LogP contribution in [-0.4, -0.2) is 9.97 Å². The molecule has 3 rings (SSSR count). The second-order valence-electron chi connectivity index (χ2n) is 4.77. The summed E-state index contributed by atoms with van der Waals surface area (Å²) >= 11 is 0. The number of rotatable bonds is 1. The minimum Gasteiger partial charge on any atom is -0.306 e. The zero-order valence-corrected chi connectivity index (χ0v) is 10.4. The van der Waals surface area contributed by atoms with Crippen LogP contribution >= 0.6 is 0 Å². The second kappa shape index (κ2) is 4.47. The Kier molecular flexibility index (Phi) is 2.88. The van der Waals surface area contributed by atoms with Crippen molar-refractivity contribution in [1.82, 2.24) is 9.97 Å². The van der Waals surface area contributed by atoms with E-state index in [0.29, 0.717) is 23.4 Å². The van der Waals surface area contributed by atoms with Crippen molar-refractivity contribution in [2.45, 2.75) is 25.4 Å². The first-order valence-corrected chi connectivity index (χ1v) is 6.25. The molecule has 1 aromatic heterocycles. The van der Waals surface area contributed by atoms with Crippen molar-refractivity contribution in [2.24, 2.45) is 0 Å². The van der Waals surface area contributed by atoms with Gasteiger partial charge in [-0.1, -0.05) is 12.1 Å². The van der Waals surface area contributed by atoms with E-state index in [2.05, 4.69) is 9.97 Å². The topological polar surface area (TPSA) is 45.8 Å². The summed E-state index contributed by atoms with van der Waals surface area (Å²) in [5.74, 6) is 0.323. The molecule has 20 heavy (non-hydrogen) atoms. The summed E-state index contributed by atoms with van der Waals surface area (Å²) in [4.78, 5) is 18.8. The van der Waals surface area contributed by atoms with E-state index in [1.807, 2.05) is 0 Å². The number of hydrogen-bond donors (Lipinski definition) is 1. The van der Waals surface area contributed by atoms with Crippen LogP contribution in [0.5, 0.6) is 0 Å². The van der Waals surface area contributed by atoms with Gasteiger partial charge in [-0.3, -0.25) is 4.79 Å². The molecule has 2 aromatic rings. The number of aryl methyl sites for hydroxylation is 1. The average molecular weight is 280 g/mol. The van der Waals surface area contributed by atoms with Crippen LogP contribution in [0.2, 0.25) is 0 Å². The van der Waals surface area contributed by atoms with Gasteiger partial charge in [0, 0.05) is 11.1 Å². The van der Waals surface area contributed by atoms with E-state index in [1.165, 1.54) is 12.1 Å². The van der Waals surface area contributed by atoms with Gasteiger partial charge in [0.15, 0.2) is 0 Å². The Labute approximate surface area is 112 Å². The van der Waals surface area contributed by atoms with Crippen molar-refractivity contribution in [3.8, 4) is 11.4 Å². The number of halogens is 3. The lowest BCUT2D eigenvalue weighted by molar-refractivity contribution is -0.137. The Morgan fingerprint density at radius 3 is 2.45 bits per heavy atom. The van der Waals surface area contributed by atoms with Gasteiger partial charge in [-0.05, 0) is 31.4 Å². The van der Waals surface area contributed by atoms with Gasteiger partial charge in [-0.2, -0.15) is 13.2 Å². The van der Waals surface area contributed by atoms with Crippen molar-refractivity contribution >= 4 is 0 Å². The van der Waals surface area contributed by atoms with Crippen molar-refractivity contribution in [3.63, 3.8) is 0 Å².